The van der Waals surface area contributed by atoms with Crippen LogP contribution in [0.4, 0.5) is 11.6 Å². The van der Waals surface area contributed by atoms with Crippen LogP contribution in [0, 0.1) is 21.4 Å². The molecule has 0 atom stereocenters. The highest BCUT2D eigenvalue weighted by atomic mass is 16.6. The van der Waals surface area contributed by atoms with Crippen LogP contribution in [0.2, 0.25) is 0 Å². The molecule has 2 aromatic heterocycles. The normalized spacial score (nSPS) is 16.5. The van der Waals surface area contributed by atoms with E-state index in [1.807, 2.05) is 6.07 Å². The average molecular weight is 301 g/mol. The first-order valence-corrected chi connectivity index (χ1v) is 7.01. The van der Waals surface area contributed by atoms with Crippen molar-refractivity contribution >= 4 is 22.6 Å². The zero-order valence-electron chi connectivity index (χ0n) is 12.1. The molecule has 0 saturated carbocycles. The van der Waals surface area contributed by atoms with Crippen LogP contribution in [0.1, 0.15) is 18.6 Å². The molecule has 8 nitrogen and oxygen atoms in total. The number of furan rings is 1. The van der Waals surface area contributed by atoms with Crippen LogP contribution < -0.4 is 5.32 Å². The van der Waals surface area contributed by atoms with Crippen molar-refractivity contribution in [1.82, 2.24) is 9.88 Å². The number of rotatable bonds is 3. The van der Waals surface area contributed by atoms with Crippen molar-refractivity contribution in [2.24, 2.45) is 0 Å². The predicted molar refractivity (Wildman–Crippen MR) is 79.5 cm³/mol. The standard InChI is InChI=1S/C14H15N5O3/c1-18-4-2-10(3-5-18)16-12-7-9-6-11(8-15)22-13(9)14(17-12)19(20)21/h6-7,10H,2-5H2,1H3,(H,16,17). The van der Waals surface area contributed by atoms with E-state index in [0.29, 0.717) is 11.2 Å². The van der Waals surface area contributed by atoms with E-state index in [2.05, 4.69) is 22.2 Å². The molecule has 0 aromatic carbocycles. The van der Waals surface area contributed by atoms with Gasteiger partial charge in [-0.25, -0.2) is 0 Å². The zero-order valence-corrected chi connectivity index (χ0v) is 12.1. The number of fused-ring (bicyclic) bond motifs is 1. The molecule has 3 heterocycles. The highest BCUT2D eigenvalue weighted by Gasteiger charge is 2.24. The fourth-order valence-electron chi connectivity index (χ4n) is 2.65. The van der Waals surface area contributed by atoms with E-state index in [1.165, 1.54) is 6.07 Å². The van der Waals surface area contributed by atoms with Crippen LogP contribution in [0.5, 0.6) is 0 Å². The van der Waals surface area contributed by atoms with Gasteiger partial charge in [0.15, 0.2) is 0 Å². The lowest BCUT2D eigenvalue weighted by atomic mass is 10.1. The molecule has 3 rings (SSSR count). The Bertz CT molecular complexity index is 756. The molecule has 1 aliphatic heterocycles. The zero-order chi connectivity index (χ0) is 15.7. The van der Waals surface area contributed by atoms with Gasteiger partial charge in [0.25, 0.3) is 0 Å². The van der Waals surface area contributed by atoms with Crippen LogP contribution in [0.3, 0.4) is 0 Å². The van der Waals surface area contributed by atoms with Crippen molar-refractivity contribution in [3.05, 3.63) is 28.0 Å². The Balaban J connectivity index is 1.93. The second-order valence-electron chi connectivity index (χ2n) is 5.45. The number of nitro groups is 1. The number of nitrogens with one attached hydrogen (secondary N) is 1. The van der Waals surface area contributed by atoms with Gasteiger partial charge in [0.2, 0.25) is 17.2 Å². The molecule has 8 heteroatoms. The second-order valence-corrected chi connectivity index (χ2v) is 5.45. The summed E-state index contributed by atoms with van der Waals surface area (Å²) in [6.45, 7) is 1.96. The predicted octanol–water partition coefficient (Wildman–Crippen LogP) is 2.11. The number of nitriles is 1. The van der Waals surface area contributed by atoms with Gasteiger partial charge >= 0.3 is 5.82 Å². The number of anilines is 1. The summed E-state index contributed by atoms with van der Waals surface area (Å²) < 4.78 is 5.17. The Hall–Kier alpha value is -2.66. The maximum absolute atomic E-state index is 11.2. The molecule has 0 unspecified atom stereocenters. The van der Waals surface area contributed by atoms with Gasteiger partial charge in [-0.1, -0.05) is 0 Å². The fourth-order valence-corrected chi connectivity index (χ4v) is 2.65. The number of hydrogen-bond donors (Lipinski definition) is 1. The Morgan fingerprint density at radius 1 is 1.50 bits per heavy atom. The van der Waals surface area contributed by atoms with Gasteiger partial charge in [-0.05, 0) is 42.9 Å². The third kappa shape index (κ3) is 2.71. The molecular weight excluding hydrogens is 286 g/mol. The minimum atomic E-state index is -0.590. The lowest BCUT2D eigenvalue weighted by Crippen LogP contribution is -2.36. The molecule has 22 heavy (non-hydrogen) atoms. The van der Waals surface area contributed by atoms with E-state index in [1.54, 1.807) is 6.07 Å². The number of likely N-dealkylation sites (tertiary alicyclic amines) is 1. The summed E-state index contributed by atoms with van der Waals surface area (Å²) in [7, 11) is 2.07. The quantitative estimate of drug-likeness (QED) is 0.683. The summed E-state index contributed by atoms with van der Waals surface area (Å²) in [6, 6.07) is 5.26. The largest absolute Gasteiger partial charge is 0.437 e. The van der Waals surface area contributed by atoms with E-state index in [-0.39, 0.29) is 23.2 Å². The van der Waals surface area contributed by atoms with Crippen LogP contribution in [-0.2, 0) is 0 Å². The molecule has 1 saturated heterocycles. The third-order valence-corrected chi connectivity index (χ3v) is 3.84. The molecule has 0 aliphatic carbocycles. The maximum atomic E-state index is 11.2. The summed E-state index contributed by atoms with van der Waals surface area (Å²) in [5, 5.41) is 23.8. The van der Waals surface area contributed by atoms with Crippen LogP contribution in [0.25, 0.3) is 11.0 Å². The molecule has 0 radical (unpaired) electrons. The lowest BCUT2D eigenvalue weighted by molar-refractivity contribution is -0.388. The Labute approximate surface area is 126 Å². The number of hydrogen-bond acceptors (Lipinski definition) is 7. The van der Waals surface area contributed by atoms with Crippen molar-refractivity contribution in [2.75, 3.05) is 25.5 Å². The minimum Gasteiger partial charge on any atom is -0.437 e. The first-order valence-electron chi connectivity index (χ1n) is 7.01. The molecule has 0 spiro atoms. The first kappa shape index (κ1) is 14.3. The molecule has 0 bridgehead atoms. The maximum Gasteiger partial charge on any atom is 0.409 e. The summed E-state index contributed by atoms with van der Waals surface area (Å²) in [4.78, 5) is 16.9. The Morgan fingerprint density at radius 3 is 2.86 bits per heavy atom. The Kier molecular flexibility index (Phi) is 3.65. The highest BCUT2D eigenvalue weighted by Crippen LogP contribution is 2.30. The van der Waals surface area contributed by atoms with Gasteiger partial charge in [0.1, 0.15) is 6.07 Å². The van der Waals surface area contributed by atoms with Crippen molar-refractivity contribution < 1.29 is 9.34 Å². The summed E-state index contributed by atoms with van der Waals surface area (Å²) in [6.07, 6.45) is 1.91. The summed E-state index contributed by atoms with van der Waals surface area (Å²) in [5.41, 5.74) is 0.0375. The average Bonchev–Trinajstić information content (AvgIpc) is 2.91. The fraction of sp³-hybridized carbons (Fsp3) is 0.429. The molecular formula is C14H15N5O3. The van der Waals surface area contributed by atoms with Gasteiger partial charge in [0, 0.05) is 23.6 Å². The molecule has 2 aromatic rings. The van der Waals surface area contributed by atoms with Crippen LogP contribution in [-0.4, -0.2) is 41.0 Å². The van der Waals surface area contributed by atoms with Crippen LogP contribution in [0.15, 0.2) is 16.5 Å². The van der Waals surface area contributed by atoms with Crippen molar-refractivity contribution in [3.8, 4) is 6.07 Å². The second kappa shape index (κ2) is 5.61. The van der Waals surface area contributed by atoms with E-state index in [9.17, 15) is 10.1 Å². The smallest absolute Gasteiger partial charge is 0.409 e. The van der Waals surface area contributed by atoms with Crippen molar-refractivity contribution in [2.45, 2.75) is 18.9 Å². The van der Waals surface area contributed by atoms with Gasteiger partial charge < -0.3 is 24.7 Å². The molecule has 1 aliphatic rings. The first-order chi connectivity index (χ1) is 10.6. The highest BCUT2D eigenvalue weighted by molar-refractivity contribution is 5.87. The van der Waals surface area contributed by atoms with E-state index in [0.717, 1.165) is 25.9 Å². The minimum absolute atomic E-state index is 0.0375. The molecule has 1 N–H and O–H groups in total. The van der Waals surface area contributed by atoms with Gasteiger partial charge in [-0.15, -0.1) is 0 Å². The van der Waals surface area contributed by atoms with Crippen molar-refractivity contribution in [1.29, 1.82) is 5.26 Å². The van der Waals surface area contributed by atoms with Crippen molar-refractivity contribution in [3.63, 3.8) is 0 Å². The van der Waals surface area contributed by atoms with E-state index < -0.39 is 4.92 Å². The van der Waals surface area contributed by atoms with Gasteiger partial charge in [0.05, 0.1) is 0 Å². The van der Waals surface area contributed by atoms with E-state index in [4.69, 9.17) is 9.68 Å². The molecule has 0 amide bonds. The summed E-state index contributed by atoms with van der Waals surface area (Å²) >= 11 is 0. The van der Waals surface area contributed by atoms with E-state index >= 15 is 0 Å². The summed E-state index contributed by atoms with van der Waals surface area (Å²) in [5.74, 6) is 0.116. The topological polar surface area (TPSA) is 108 Å². The number of piperidine rings is 1. The Morgan fingerprint density at radius 2 is 2.23 bits per heavy atom. The lowest BCUT2D eigenvalue weighted by Gasteiger charge is -2.29. The van der Waals surface area contributed by atoms with Crippen LogP contribution >= 0.6 is 0 Å². The monoisotopic (exact) mass is 301 g/mol. The SMILES string of the molecule is CN1CCC(Nc2cc3cc(C#N)oc3c([N+](=O)[O-])n2)CC1. The van der Waals surface area contributed by atoms with Gasteiger partial charge in [-0.2, -0.15) is 5.26 Å². The van der Waals surface area contributed by atoms with Gasteiger partial charge in [-0.3, -0.25) is 0 Å². The number of nitrogens with zero attached hydrogens (tertiary/aromatic N) is 4. The third-order valence-electron chi connectivity index (χ3n) is 3.84. The molecule has 1 fully saturated rings. The molecule has 114 valence electrons. The number of aromatic nitrogens is 1. The number of pyridine rings is 1.